The summed E-state index contributed by atoms with van der Waals surface area (Å²) in [4.78, 5) is 11.0. The van der Waals surface area contributed by atoms with Crippen molar-refractivity contribution in [3.63, 3.8) is 0 Å². The van der Waals surface area contributed by atoms with Gasteiger partial charge in [-0.05, 0) is 12.8 Å². The van der Waals surface area contributed by atoms with Gasteiger partial charge in [0.1, 0.15) is 0 Å². The average molecular weight is 188 g/mol. The standard InChI is InChI=1S/C9H20N2O2/c1-4-13-6-8(7(2)3)11-9(12)5-10/h7-8H,4-6,10H2,1-3H3,(H,11,12). The molecule has 1 unspecified atom stereocenters. The second kappa shape index (κ2) is 6.86. The van der Waals surface area contributed by atoms with Crippen molar-refractivity contribution in [3.8, 4) is 0 Å². The Labute approximate surface area is 79.8 Å². The van der Waals surface area contributed by atoms with Gasteiger partial charge in [-0.25, -0.2) is 0 Å². The van der Waals surface area contributed by atoms with Crippen LogP contribution < -0.4 is 11.1 Å². The maximum absolute atomic E-state index is 11.0. The van der Waals surface area contributed by atoms with E-state index in [0.717, 1.165) is 0 Å². The van der Waals surface area contributed by atoms with Crippen LogP contribution in [0.3, 0.4) is 0 Å². The number of rotatable bonds is 6. The molecule has 0 heterocycles. The number of nitrogens with two attached hydrogens (primary N) is 1. The predicted octanol–water partition coefficient (Wildman–Crippen LogP) is 0.122. The number of ether oxygens (including phenoxy) is 1. The molecule has 13 heavy (non-hydrogen) atoms. The zero-order valence-corrected chi connectivity index (χ0v) is 8.67. The van der Waals surface area contributed by atoms with Crippen LogP contribution >= 0.6 is 0 Å². The molecule has 0 aromatic heterocycles. The van der Waals surface area contributed by atoms with Crippen LogP contribution in [0.4, 0.5) is 0 Å². The van der Waals surface area contributed by atoms with Crippen molar-refractivity contribution in [2.75, 3.05) is 19.8 Å². The molecule has 4 nitrogen and oxygen atoms in total. The highest BCUT2D eigenvalue weighted by Gasteiger charge is 2.14. The lowest BCUT2D eigenvalue weighted by Gasteiger charge is -2.21. The fourth-order valence-corrected chi connectivity index (χ4v) is 0.911. The maximum atomic E-state index is 11.0. The molecule has 0 fully saturated rings. The Bertz CT molecular complexity index is 149. The normalized spacial score (nSPS) is 13.0. The molecule has 0 spiro atoms. The minimum atomic E-state index is -0.126. The van der Waals surface area contributed by atoms with Gasteiger partial charge in [-0.3, -0.25) is 4.79 Å². The molecule has 1 amide bonds. The molecule has 0 radical (unpaired) electrons. The third-order valence-corrected chi connectivity index (χ3v) is 1.84. The van der Waals surface area contributed by atoms with Crippen molar-refractivity contribution < 1.29 is 9.53 Å². The van der Waals surface area contributed by atoms with E-state index in [9.17, 15) is 4.79 Å². The highest BCUT2D eigenvalue weighted by molar-refractivity contribution is 5.78. The Morgan fingerprint density at radius 3 is 2.54 bits per heavy atom. The fourth-order valence-electron chi connectivity index (χ4n) is 0.911. The van der Waals surface area contributed by atoms with E-state index in [0.29, 0.717) is 19.1 Å². The summed E-state index contributed by atoms with van der Waals surface area (Å²) >= 11 is 0. The van der Waals surface area contributed by atoms with Gasteiger partial charge < -0.3 is 15.8 Å². The highest BCUT2D eigenvalue weighted by Crippen LogP contribution is 2.01. The molecular formula is C9H20N2O2. The Morgan fingerprint density at radius 1 is 1.54 bits per heavy atom. The van der Waals surface area contributed by atoms with Gasteiger partial charge in [0.15, 0.2) is 0 Å². The first kappa shape index (κ1) is 12.4. The van der Waals surface area contributed by atoms with Gasteiger partial charge in [0.05, 0.1) is 19.2 Å². The molecule has 0 saturated heterocycles. The molecular weight excluding hydrogens is 168 g/mol. The number of hydrogen-bond acceptors (Lipinski definition) is 3. The first-order chi connectivity index (χ1) is 6.11. The van der Waals surface area contributed by atoms with Crippen LogP contribution in [0.25, 0.3) is 0 Å². The second-order valence-corrected chi connectivity index (χ2v) is 3.28. The first-order valence-corrected chi connectivity index (χ1v) is 4.69. The SMILES string of the molecule is CCOCC(NC(=O)CN)C(C)C. The van der Waals surface area contributed by atoms with E-state index in [-0.39, 0.29) is 18.5 Å². The van der Waals surface area contributed by atoms with Crippen LogP contribution in [0.1, 0.15) is 20.8 Å². The van der Waals surface area contributed by atoms with Crippen molar-refractivity contribution >= 4 is 5.91 Å². The highest BCUT2D eigenvalue weighted by atomic mass is 16.5. The second-order valence-electron chi connectivity index (χ2n) is 3.28. The molecule has 78 valence electrons. The molecule has 0 aliphatic rings. The van der Waals surface area contributed by atoms with Crippen LogP contribution in [-0.4, -0.2) is 31.7 Å². The summed E-state index contributed by atoms with van der Waals surface area (Å²) in [6.07, 6.45) is 0. The summed E-state index contributed by atoms with van der Waals surface area (Å²) in [7, 11) is 0. The number of nitrogens with one attached hydrogen (secondary N) is 1. The van der Waals surface area contributed by atoms with Crippen LogP contribution in [-0.2, 0) is 9.53 Å². The lowest BCUT2D eigenvalue weighted by Crippen LogP contribution is -2.44. The van der Waals surface area contributed by atoms with Gasteiger partial charge in [0.25, 0.3) is 0 Å². The minimum Gasteiger partial charge on any atom is -0.380 e. The molecule has 0 aliphatic carbocycles. The molecule has 3 N–H and O–H groups in total. The van der Waals surface area contributed by atoms with Gasteiger partial charge in [0.2, 0.25) is 5.91 Å². The third-order valence-electron chi connectivity index (χ3n) is 1.84. The maximum Gasteiger partial charge on any atom is 0.234 e. The van der Waals surface area contributed by atoms with Gasteiger partial charge >= 0.3 is 0 Å². The van der Waals surface area contributed by atoms with Crippen molar-refractivity contribution in [2.24, 2.45) is 11.7 Å². The van der Waals surface area contributed by atoms with Crippen LogP contribution in [0.5, 0.6) is 0 Å². The molecule has 0 aliphatic heterocycles. The predicted molar refractivity (Wildman–Crippen MR) is 52.3 cm³/mol. The molecule has 0 saturated carbocycles. The van der Waals surface area contributed by atoms with Crippen molar-refractivity contribution in [2.45, 2.75) is 26.8 Å². The van der Waals surface area contributed by atoms with E-state index in [1.54, 1.807) is 0 Å². The first-order valence-electron chi connectivity index (χ1n) is 4.69. The molecule has 0 rings (SSSR count). The van der Waals surface area contributed by atoms with Gasteiger partial charge in [-0.15, -0.1) is 0 Å². The number of carbonyl (C=O) groups is 1. The summed E-state index contributed by atoms with van der Waals surface area (Å²) < 4.78 is 5.25. The Balaban J connectivity index is 3.87. The Kier molecular flexibility index (Phi) is 6.54. The largest absolute Gasteiger partial charge is 0.380 e. The zero-order valence-electron chi connectivity index (χ0n) is 8.67. The van der Waals surface area contributed by atoms with Crippen LogP contribution in [0.2, 0.25) is 0 Å². The summed E-state index contributed by atoms with van der Waals surface area (Å²) in [5, 5.41) is 2.81. The lowest BCUT2D eigenvalue weighted by molar-refractivity contribution is -0.121. The van der Waals surface area contributed by atoms with Gasteiger partial charge in [-0.1, -0.05) is 13.8 Å². The fraction of sp³-hybridized carbons (Fsp3) is 0.889. The summed E-state index contributed by atoms with van der Waals surface area (Å²) in [6.45, 7) is 7.28. The number of carbonyl (C=O) groups excluding carboxylic acids is 1. The monoisotopic (exact) mass is 188 g/mol. The minimum absolute atomic E-state index is 0.0370. The smallest absolute Gasteiger partial charge is 0.234 e. The number of hydrogen-bond donors (Lipinski definition) is 2. The zero-order chi connectivity index (χ0) is 10.3. The molecule has 1 atom stereocenters. The topological polar surface area (TPSA) is 64.3 Å². The molecule has 0 aromatic rings. The van der Waals surface area contributed by atoms with E-state index < -0.39 is 0 Å². The number of amides is 1. The van der Waals surface area contributed by atoms with Crippen molar-refractivity contribution in [1.29, 1.82) is 0 Å². The van der Waals surface area contributed by atoms with E-state index in [2.05, 4.69) is 5.32 Å². The Morgan fingerprint density at radius 2 is 2.15 bits per heavy atom. The van der Waals surface area contributed by atoms with E-state index in [1.807, 2.05) is 20.8 Å². The summed E-state index contributed by atoms with van der Waals surface area (Å²) in [5.74, 6) is 0.237. The van der Waals surface area contributed by atoms with Crippen LogP contribution in [0.15, 0.2) is 0 Å². The molecule has 0 aromatic carbocycles. The van der Waals surface area contributed by atoms with Crippen molar-refractivity contribution in [3.05, 3.63) is 0 Å². The molecule has 4 heteroatoms. The van der Waals surface area contributed by atoms with Gasteiger partial charge in [0, 0.05) is 6.61 Å². The van der Waals surface area contributed by atoms with E-state index >= 15 is 0 Å². The van der Waals surface area contributed by atoms with E-state index in [1.165, 1.54) is 0 Å². The van der Waals surface area contributed by atoms with Gasteiger partial charge in [-0.2, -0.15) is 0 Å². The summed E-state index contributed by atoms with van der Waals surface area (Å²) in [6, 6.07) is 0.0657. The Hall–Kier alpha value is -0.610. The lowest BCUT2D eigenvalue weighted by atomic mass is 10.1. The van der Waals surface area contributed by atoms with E-state index in [4.69, 9.17) is 10.5 Å². The average Bonchev–Trinajstić information content (AvgIpc) is 2.11. The quantitative estimate of drug-likeness (QED) is 0.622. The summed E-state index contributed by atoms with van der Waals surface area (Å²) in [5.41, 5.74) is 5.20. The molecule has 0 bridgehead atoms. The van der Waals surface area contributed by atoms with Crippen molar-refractivity contribution in [1.82, 2.24) is 5.32 Å². The third kappa shape index (κ3) is 5.60. The van der Waals surface area contributed by atoms with Crippen LogP contribution in [0, 0.1) is 5.92 Å².